The summed E-state index contributed by atoms with van der Waals surface area (Å²) in [5, 5.41) is 13.5. The number of carbonyl (C=O) groups excluding carboxylic acids is 1. The summed E-state index contributed by atoms with van der Waals surface area (Å²) in [6.45, 7) is 7.41. The zero-order valence-electron chi connectivity index (χ0n) is 17.0. The Labute approximate surface area is 170 Å². The zero-order chi connectivity index (χ0) is 21.0. The maximum Gasteiger partial charge on any atom is 0.258 e. The molecule has 2 aromatic carbocycles. The van der Waals surface area contributed by atoms with Gasteiger partial charge < -0.3 is 14.1 Å². The van der Waals surface area contributed by atoms with Crippen LogP contribution in [0.2, 0.25) is 0 Å². The zero-order valence-corrected chi connectivity index (χ0v) is 17.0. The van der Waals surface area contributed by atoms with E-state index in [1.165, 1.54) is 0 Å². The van der Waals surface area contributed by atoms with Crippen molar-refractivity contribution < 1.29 is 14.1 Å². The Bertz CT molecular complexity index is 1080. The molecule has 0 bridgehead atoms. The number of hydrogen-bond acceptors (Lipinski definition) is 6. The van der Waals surface area contributed by atoms with E-state index in [9.17, 15) is 10.1 Å². The van der Waals surface area contributed by atoms with Crippen molar-refractivity contribution in [3.63, 3.8) is 0 Å². The quantitative estimate of drug-likeness (QED) is 0.571. The van der Waals surface area contributed by atoms with E-state index in [0.717, 1.165) is 16.7 Å². The minimum Gasteiger partial charge on any atom is -0.490 e. The third-order valence-corrected chi connectivity index (χ3v) is 4.57. The molecule has 6 nitrogen and oxygen atoms in total. The fraction of sp³-hybridized carbons (Fsp3) is 0.304. The van der Waals surface area contributed by atoms with Crippen LogP contribution in [0.15, 0.2) is 40.9 Å². The lowest BCUT2D eigenvalue weighted by atomic mass is 9.98. The predicted octanol–water partition coefficient (Wildman–Crippen LogP) is 4.89. The first-order chi connectivity index (χ1) is 13.9. The van der Waals surface area contributed by atoms with Gasteiger partial charge in [0.1, 0.15) is 17.6 Å². The molecule has 0 aliphatic rings. The lowest BCUT2D eigenvalue weighted by Gasteiger charge is -2.11. The number of benzene rings is 2. The van der Waals surface area contributed by atoms with E-state index in [4.69, 9.17) is 9.26 Å². The number of hydrogen-bond donors (Lipinski definition) is 0. The van der Waals surface area contributed by atoms with E-state index < -0.39 is 0 Å². The molecule has 0 radical (unpaired) electrons. The standard InChI is InChI=1S/C23H23N3O3/c1-14(2)28-21-11-10-18(12-19(21)13-24)23-25-22(26-29-23)20-7-5-6-17(16(20)4)9-8-15(3)27/h5-7,10-12,14H,8-9H2,1-4H3. The number of aromatic nitrogens is 2. The molecule has 1 heterocycles. The monoisotopic (exact) mass is 389 g/mol. The number of ketones is 1. The molecule has 29 heavy (non-hydrogen) atoms. The number of aryl methyl sites for hydroxylation is 1. The second kappa shape index (κ2) is 8.70. The van der Waals surface area contributed by atoms with Gasteiger partial charge in [0.25, 0.3) is 5.89 Å². The molecule has 0 saturated heterocycles. The van der Waals surface area contributed by atoms with Crippen LogP contribution in [-0.2, 0) is 11.2 Å². The first-order valence-corrected chi connectivity index (χ1v) is 9.52. The summed E-state index contributed by atoms with van der Waals surface area (Å²) in [4.78, 5) is 15.8. The summed E-state index contributed by atoms with van der Waals surface area (Å²) < 4.78 is 11.1. The highest BCUT2D eigenvalue weighted by atomic mass is 16.5. The molecule has 0 fully saturated rings. The van der Waals surface area contributed by atoms with Crippen LogP contribution in [0.1, 0.15) is 43.9 Å². The van der Waals surface area contributed by atoms with Gasteiger partial charge in [0, 0.05) is 17.5 Å². The molecule has 1 aromatic heterocycles. The van der Waals surface area contributed by atoms with Gasteiger partial charge in [-0.2, -0.15) is 10.2 Å². The number of carbonyl (C=O) groups is 1. The Kier molecular flexibility index (Phi) is 6.08. The average molecular weight is 389 g/mol. The molecule has 3 aromatic rings. The molecule has 0 amide bonds. The largest absolute Gasteiger partial charge is 0.490 e. The second-order valence-electron chi connectivity index (χ2n) is 7.20. The van der Waals surface area contributed by atoms with Gasteiger partial charge in [0.05, 0.1) is 11.7 Å². The number of nitriles is 1. The highest BCUT2D eigenvalue weighted by Gasteiger charge is 2.16. The Morgan fingerprint density at radius 3 is 2.76 bits per heavy atom. The molecule has 0 spiro atoms. The predicted molar refractivity (Wildman–Crippen MR) is 109 cm³/mol. The van der Waals surface area contributed by atoms with E-state index in [-0.39, 0.29) is 11.9 Å². The van der Waals surface area contributed by atoms with Crippen LogP contribution in [0.5, 0.6) is 5.75 Å². The molecule has 0 saturated carbocycles. The van der Waals surface area contributed by atoms with Crippen molar-refractivity contribution in [1.82, 2.24) is 10.1 Å². The van der Waals surface area contributed by atoms with Crippen molar-refractivity contribution in [2.24, 2.45) is 0 Å². The molecular formula is C23H23N3O3. The molecule has 0 unspecified atom stereocenters. The van der Waals surface area contributed by atoms with Gasteiger partial charge in [0.15, 0.2) is 0 Å². The van der Waals surface area contributed by atoms with Gasteiger partial charge in [-0.1, -0.05) is 23.4 Å². The van der Waals surface area contributed by atoms with E-state index in [1.54, 1.807) is 25.1 Å². The summed E-state index contributed by atoms with van der Waals surface area (Å²) in [5.41, 5.74) is 4.05. The van der Waals surface area contributed by atoms with Crippen LogP contribution in [0.4, 0.5) is 0 Å². The van der Waals surface area contributed by atoms with E-state index in [0.29, 0.717) is 41.4 Å². The number of nitrogens with zero attached hydrogens (tertiary/aromatic N) is 3. The molecular weight excluding hydrogens is 366 g/mol. The van der Waals surface area contributed by atoms with Crippen molar-refractivity contribution in [2.45, 2.75) is 46.6 Å². The highest BCUT2D eigenvalue weighted by Crippen LogP contribution is 2.29. The van der Waals surface area contributed by atoms with Crippen molar-refractivity contribution in [2.75, 3.05) is 0 Å². The minimum absolute atomic E-state index is 0.0267. The fourth-order valence-corrected chi connectivity index (χ4v) is 3.06. The van der Waals surface area contributed by atoms with Crippen LogP contribution >= 0.6 is 0 Å². The van der Waals surface area contributed by atoms with Crippen LogP contribution in [0.3, 0.4) is 0 Å². The van der Waals surface area contributed by atoms with Gasteiger partial charge in [-0.25, -0.2) is 0 Å². The van der Waals surface area contributed by atoms with Gasteiger partial charge in [-0.15, -0.1) is 0 Å². The van der Waals surface area contributed by atoms with Crippen molar-refractivity contribution in [3.8, 4) is 34.7 Å². The summed E-state index contributed by atoms with van der Waals surface area (Å²) in [6.07, 6.45) is 1.16. The third-order valence-electron chi connectivity index (χ3n) is 4.57. The first-order valence-electron chi connectivity index (χ1n) is 9.52. The number of rotatable bonds is 7. The first kappa shape index (κ1) is 20.3. The van der Waals surface area contributed by atoms with E-state index in [2.05, 4.69) is 16.2 Å². The van der Waals surface area contributed by atoms with Crippen molar-refractivity contribution in [1.29, 1.82) is 5.26 Å². The van der Waals surface area contributed by atoms with Crippen LogP contribution in [0, 0.1) is 18.3 Å². The fourth-order valence-electron chi connectivity index (χ4n) is 3.06. The van der Waals surface area contributed by atoms with Crippen molar-refractivity contribution >= 4 is 5.78 Å². The summed E-state index contributed by atoms with van der Waals surface area (Å²) in [6, 6.07) is 13.2. The molecule has 0 N–H and O–H groups in total. The van der Waals surface area contributed by atoms with Crippen LogP contribution in [-0.4, -0.2) is 22.0 Å². The van der Waals surface area contributed by atoms with Gasteiger partial charge in [-0.3, -0.25) is 0 Å². The van der Waals surface area contributed by atoms with Gasteiger partial charge in [0.2, 0.25) is 5.82 Å². The van der Waals surface area contributed by atoms with Crippen molar-refractivity contribution in [3.05, 3.63) is 53.1 Å². The SMILES string of the molecule is CC(=O)CCc1cccc(-c2noc(-c3ccc(OC(C)C)c(C#N)c3)n2)c1C. The molecule has 148 valence electrons. The maximum absolute atomic E-state index is 11.3. The lowest BCUT2D eigenvalue weighted by Crippen LogP contribution is -2.06. The smallest absolute Gasteiger partial charge is 0.258 e. The average Bonchev–Trinajstić information content (AvgIpc) is 3.17. The molecule has 0 atom stereocenters. The summed E-state index contributed by atoms with van der Waals surface area (Å²) >= 11 is 0. The minimum atomic E-state index is -0.0267. The van der Waals surface area contributed by atoms with Crippen LogP contribution in [0.25, 0.3) is 22.8 Å². The lowest BCUT2D eigenvalue weighted by molar-refractivity contribution is -0.116. The normalized spacial score (nSPS) is 10.8. The van der Waals surface area contributed by atoms with Crippen LogP contribution < -0.4 is 4.74 Å². The topological polar surface area (TPSA) is 89.0 Å². The van der Waals surface area contributed by atoms with Gasteiger partial charge in [-0.05, 0) is 63.4 Å². The van der Waals surface area contributed by atoms with Gasteiger partial charge >= 0.3 is 0 Å². The molecule has 0 aliphatic heterocycles. The Balaban J connectivity index is 1.91. The molecule has 6 heteroatoms. The summed E-state index contributed by atoms with van der Waals surface area (Å²) in [7, 11) is 0. The highest BCUT2D eigenvalue weighted by molar-refractivity contribution is 5.76. The van der Waals surface area contributed by atoms with E-state index >= 15 is 0 Å². The summed E-state index contributed by atoms with van der Waals surface area (Å²) in [5.74, 6) is 1.50. The Hall–Kier alpha value is -3.46. The molecule has 3 rings (SSSR count). The third kappa shape index (κ3) is 4.69. The second-order valence-corrected chi connectivity index (χ2v) is 7.20. The van der Waals surface area contributed by atoms with E-state index in [1.807, 2.05) is 39.0 Å². The Morgan fingerprint density at radius 2 is 2.07 bits per heavy atom. The number of ether oxygens (including phenoxy) is 1. The number of Topliss-reactive ketones (excluding diaryl/α,β-unsaturated/α-hetero) is 1. The maximum atomic E-state index is 11.3. The Morgan fingerprint density at radius 1 is 1.28 bits per heavy atom. The molecule has 0 aliphatic carbocycles.